The molecule has 0 bridgehead atoms. The van der Waals surface area contributed by atoms with Gasteiger partial charge in [-0.25, -0.2) is 9.18 Å². The van der Waals surface area contributed by atoms with Crippen molar-refractivity contribution in [1.82, 2.24) is 10.6 Å². The molecule has 0 spiro atoms. The van der Waals surface area contributed by atoms with E-state index in [1.54, 1.807) is 0 Å². The Balaban J connectivity index is 2.00. The van der Waals surface area contributed by atoms with Gasteiger partial charge < -0.3 is 10.1 Å². The second kappa shape index (κ2) is 4.12. The monoisotopic (exact) mass is 244 g/mol. The normalized spacial score (nSPS) is 36.7. The molecule has 0 aromatic rings. The predicted molar refractivity (Wildman–Crippen MR) is 62.3 cm³/mol. The number of amides is 1. The van der Waals surface area contributed by atoms with E-state index >= 15 is 0 Å². The fourth-order valence-corrected chi connectivity index (χ4v) is 2.84. The number of hydrogen-bond donors (Lipinski definition) is 2. The molecule has 4 nitrogen and oxygen atoms in total. The van der Waals surface area contributed by atoms with Crippen molar-refractivity contribution in [2.75, 3.05) is 6.54 Å². The van der Waals surface area contributed by atoms with Crippen LogP contribution in [0.4, 0.5) is 9.18 Å². The van der Waals surface area contributed by atoms with Gasteiger partial charge in [-0.1, -0.05) is 0 Å². The third kappa shape index (κ3) is 2.54. The van der Waals surface area contributed by atoms with Crippen molar-refractivity contribution in [1.29, 1.82) is 0 Å². The molecule has 2 fully saturated rings. The number of ether oxygens (including phenoxy) is 1. The molecule has 0 aromatic carbocycles. The smallest absolute Gasteiger partial charge is 0.409 e. The molecule has 2 rings (SSSR count). The zero-order valence-corrected chi connectivity index (χ0v) is 10.7. The van der Waals surface area contributed by atoms with Crippen molar-refractivity contribution >= 4 is 6.09 Å². The van der Waals surface area contributed by atoms with Crippen LogP contribution in [0, 0.1) is 5.92 Å². The Morgan fingerprint density at radius 2 is 2.18 bits per heavy atom. The van der Waals surface area contributed by atoms with Crippen LogP contribution in [0.2, 0.25) is 0 Å². The van der Waals surface area contributed by atoms with E-state index in [4.69, 9.17) is 4.74 Å². The highest BCUT2D eigenvalue weighted by atomic mass is 19.1. The van der Waals surface area contributed by atoms with E-state index in [0.29, 0.717) is 12.8 Å². The van der Waals surface area contributed by atoms with Crippen LogP contribution < -0.4 is 10.6 Å². The van der Waals surface area contributed by atoms with Crippen LogP contribution in [-0.4, -0.2) is 30.1 Å². The molecule has 0 unspecified atom stereocenters. The standard InChI is InChI=1S/C12H21FN2O2/c1-11(2,3)17-10(16)15-12-6-4-9(13)8(12)5-7-14-12/h8-9,14H,4-7H2,1-3H3,(H,15,16)/t8-,9-,12-/m0/s1. The molecule has 1 saturated heterocycles. The first-order valence-corrected chi connectivity index (χ1v) is 6.23. The first-order valence-electron chi connectivity index (χ1n) is 6.23. The third-order valence-corrected chi connectivity index (χ3v) is 3.50. The maximum atomic E-state index is 13.7. The van der Waals surface area contributed by atoms with E-state index in [2.05, 4.69) is 10.6 Å². The molecular formula is C12H21FN2O2. The second-order valence-corrected chi connectivity index (χ2v) is 5.97. The maximum absolute atomic E-state index is 13.7. The lowest BCUT2D eigenvalue weighted by molar-refractivity contribution is 0.0411. The lowest BCUT2D eigenvalue weighted by Crippen LogP contribution is -2.58. The molecule has 3 atom stereocenters. The highest BCUT2D eigenvalue weighted by Gasteiger charge is 2.53. The Labute approximate surface area is 101 Å². The number of alkyl halides is 1. The Kier molecular flexibility index (Phi) is 3.06. The highest BCUT2D eigenvalue weighted by molar-refractivity contribution is 5.69. The number of alkyl carbamates (subject to hydrolysis) is 1. The fraction of sp³-hybridized carbons (Fsp3) is 0.917. The van der Waals surface area contributed by atoms with E-state index in [1.807, 2.05) is 20.8 Å². The number of nitrogens with one attached hydrogen (secondary N) is 2. The van der Waals surface area contributed by atoms with Crippen molar-refractivity contribution in [3.63, 3.8) is 0 Å². The van der Waals surface area contributed by atoms with Crippen molar-refractivity contribution in [3.8, 4) is 0 Å². The van der Waals surface area contributed by atoms with Crippen molar-refractivity contribution in [2.24, 2.45) is 5.92 Å². The molecule has 98 valence electrons. The van der Waals surface area contributed by atoms with Crippen LogP contribution in [0.5, 0.6) is 0 Å². The SMILES string of the molecule is CC(C)(C)OC(=O)N[C@@]12CC[C@H](F)[C@@H]1CCN2. The molecule has 1 aliphatic carbocycles. The summed E-state index contributed by atoms with van der Waals surface area (Å²) in [5, 5.41) is 6.06. The van der Waals surface area contributed by atoms with E-state index in [-0.39, 0.29) is 5.92 Å². The minimum Gasteiger partial charge on any atom is -0.444 e. The number of hydrogen-bond acceptors (Lipinski definition) is 3. The Morgan fingerprint density at radius 3 is 2.82 bits per heavy atom. The van der Waals surface area contributed by atoms with E-state index in [0.717, 1.165) is 13.0 Å². The van der Waals surface area contributed by atoms with E-state index < -0.39 is 23.5 Å². The topological polar surface area (TPSA) is 50.4 Å². The van der Waals surface area contributed by atoms with Gasteiger partial charge in [-0.3, -0.25) is 5.32 Å². The minimum absolute atomic E-state index is 0.116. The van der Waals surface area contributed by atoms with Gasteiger partial charge in [0, 0.05) is 5.92 Å². The van der Waals surface area contributed by atoms with Crippen LogP contribution in [0.25, 0.3) is 0 Å². The summed E-state index contributed by atoms with van der Waals surface area (Å²) in [7, 11) is 0. The zero-order chi connectivity index (χ0) is 12.7. The van der Waals surface area contributed by atoms with Crippen LogP contribution in [0.1, 0.15) is 40.0 Å². The quantitative estimate of drug-likeness (QED) is 0.741. The van der Waals surface area contributed by atoms with Crippen molar-refractivity contribution < 1.29 is 13.9 Å². The lowest BCUT2D eigenvalue weighted by Gasteiger charge is -2.32. The first kappa shape index (κ1) is 12.6. The summed E-state index contributed by atoms with van der Waals surface area (Å²) in [4.78, 5) is 11.8. The lowest BCUT2D eigenvalue weighted by atomic mass is 9.97. The number of halogens is 1. The molecule has 1 amide bonds. The summed E-state index contributed by atoms with van der Waals surface area (Å²) in [6.45, 7) is 6.20. The summed E-state index contributed by atoms with van der Waals surface area (Å²) in [6.07, 6.45) is 0.633. The average Bonchev–Trinajstić information content (AvgIpc) is 2.65. The largest absolute Gasteiger partial charge is 0.444 e. The summed E-state index contributed by atoms with van der Waals surface area (Å²) in [5.74, 6) is -0.116. The second-order valence-electron chi connectivity index (χ2n) is 5.97. The van der Waals surface area contributed by atoms with Crippen LogP contribution >= 0.6 is 0 Å². The van der Waals surface area contributed by atoms with Crippen molar-refractivity contribution in [3.05, 3.63) is 0 Å². The molecular weight excluding hydrogens is 223 g/mol. The Bertz CT molecular complexity index is 316. The molecule has 0 radical (unpaired) electrons. The third-order valence-electron chi connectivity index (χ3n) is 3.50. The molecule has 2 aliphatic rings. The molecule has 0 aromatic heterocycles. The fourth-order valence-electron chi connectivity index (χ4n) is 2.84. The van der Waals surface area contributed by atoms with Crippen LogP contribution in [0.3, 0.4) is 0 Å². The maximum Gasteiger partial charge on any atom is 0.409 e. The van der Waals surface area contributed by atoms with Crippen LogP contribution in [-0.2, 0) is 4.74 Å². The minimum atomic E-state index is -0.820. The van der Waals surface area contributed by atoms with Gasteiger partial charge >= 0.3 is 6.09 Å². The zero-order valence-electron chi connectivity index (χ0n) is 10.7. The molecule has 5 heteroatoms. The van der Waals surface area contributed by atoms with Crippen molar-refractivity contribution in [2.45, 2.75) is 57.5 Å². The number of fused-ring (bicyclic) bond motifs is 1. The summed E-state index contributed by atoms with van der Waals surface area (Å²) < 4.78 is 18.9. The van der Waals surface area contributed by atoms with Crippen LogP contribution in [0.15, 0.2) is 0 Å². The number of carbonyl (C=O) groups is 1. The summed E-state index contributed by atoms with van der Waals surface area (Å²) in [6, 6.07) is 0. The van der Waals surface area contributed by atoms with Gasteiger partial charge in [0.2, 0.25) is 0 Å². The van der Waals surface area contributed by atoms with E-state index in [1.165, 1.54) is 0 Å². The number of carbonyl (C=O) groups excluding carboxylic acids is 1. The summed E-state index contributed by atoms with van der Waals surface area (Å²) in [5.41, 5.74) is -1.11. The number of rotatable bonds is 1. The predicted octanol–water partition coefficient (Wildman–Crippen LogP) is 1.95. The average molecular weight is 244 g/mol. The molecule has 1 saturated carbocycles. The van der Waals surface area contributed by atoms with Gasteiger partial charge in [-0.15, -0.1) is 0 Å². The van der Waals surface area contributed by atoms with Gasteiger partial charge in [0.1, 0.15) is 11.8 Å². The summed E-state index contributed by atoms with van der Waals surface area (Å²) >= 11 is 0. The Hall–Kier alpha value is -0.840. The van der Waals surface area contributed by atoms with E-state index in [9.17, 15) is 9.18 Å². The van der Waals surface area contributed by atoms with Gasteiger partial charge in [0.05, 0.1) is 5.66 Å². The van der Waals surface area contributed by atoms with Gasteiger partial charge in [-0.05, 0) is 46.6 Å². The highest BCUT2D eigenvalue weighted by Crippen LogP contribution is 2.41. The van der Waals surface area contributed by atoms with Gasteiger partial charge in [-0.2, -0.15) is 0 Å². The molecule has 1 heterocycles. The molecule has 1 aliphatic heterocycles. The molecule has 17 heavy (non-hydrogen) atoms. The van der Waals surface area contributed by atoms with Gasteiger partial charge in [0.15, 0.2) is 0 Å². The Morgan fingerprint density at radius 1 is 1.47 bits per heavy atom. The molecule has 2 N–H and O–H groups in total. The van der Waals surface area contributed by atoms with Gasteiger partial charge in [0.25, 0.3) is 0 Å². The first-order chi connectivity index (χ1) is 7.82.